The van der Waals surface area contributed by atoms with Crippen molar-refractivity contribution < 1.29 is 28.6 Å². The van der Waals surface area contributed by atoms with Crippen molar-refractivity contribution in [1.82, 2.24) is 5.32 Å². The van der Waals surface area contributed by atoms with Crippen LogP contribution in [0.1, 0.15) is 59.9 Å². The zero-order valence-electron chi connectivity index (χ0n) is 34.5. The van der Waals surface area contributed by atoms with Crippen LogP contribution in [0, 0.1) is 0 Å². The highest BCUT2D eigenvalue weighted by atomic mass is 32.2. The molecule has 0 saturated heterocycles. The van der Waals surface area contributed by atoms with E-state index in [1.165, 1.54) is 16.7 Å². The Bertz CT molecular complexity index is 2030. The molecule has 0 aromatic heterocycles. The first-order chi connectivity index (χ1) is 28.6. The number of benzene rings is 5. The van der Waals surface area contributed by atoms with Gasteiger partial charge in [-0.2, -0.15) is 0 Å². The van der Waals surface area contributed by atoms with Crippen molar-refractivity contribution in [2.45, 2.75) is 74.7 Å². The number of ether oxygens (including phenoxy) is 3. The number of fused-ring (bicyclic) bond motifs is 3. The molecule has 2 atom stereocenters. The normalized spacial score (nSPS) is 13.6. The summed E-state index contributed by atoms with van der Waals surface area (Å²) in [5.74, 6) is -0.458. The van der Waals surface area contributed by atoms with Crippen molar-refractivity contribution >= 4 is 37.9 Å². The van der Waals surface area contributed by atoms with E-state index in [0.29, 0.717) is 13.0 Å². The fourth-order valence-corrected chi connectivity index (χ4v) is 9.66. The van der Waals surface area contributed by atoms with Gasteiger partial charge in [0.25, 0.3) is 0 Å². The molecule has 5 aromatic rings. The van der Waals surface area contributed by atoms with Crippen LogP contribution in [0.5, 0.6) is 0 Å². The molecule has 9 heteroatoms. The summed E-state index contributed by atoms with van der Waals surface area (Å²) in [6.45, 7) is 8.92. The third-order valence-corrected chi connectivity index (χ3v) is 13.9. The van der Waals surface area contributed by atoms with Crippen molar-refractivity contribution in [3.05, 3.63) is 179 Å². The second-order valence-electron chi connectivity index (χ2n) is 16.0. The quantitative estimate of drug-likeness (QED) is 0.0221. The lowest BCUT2D eigenvalue weighted by molar-refractivity contribution is -0.154. The molecule has 1 aliphatic carbocycles. The van der Waals surface area contributed by atoms with Crippen LogP contribution in [-0.2, 0) is 28.5 Å². The van der Waals surface area contributed by atoms with Crippen LogP contribution >= 0.6 is 11.8 Å². The van der Waals surface area contributed by atoms with Gasteiger partial charge in [-0.05, 0) is 69.7 Å². The fraction of sp³-hybridized carbons (Fsp3) is 0.300. The second kappa shape index (κ2) is 20.5. The first kappa shape index (κ1) is 43.2. The van der Waals surface area contributed by atoms with E-state index in [2.05, 4.69) is 122 Å². The number of allylic oxidation sites excluding steroid dienone is 1. The highest BCUT2D eigenvalue weighted by Gasteiger charge is 2.37. The van der Waals surface area contributed by atoms with Crippen molar-refractivity contribution in [2.24, 2.45) is 0 Å². The Balaban J connectivity index is 1.12. The zero-order chi connectivity index (χ0) is 41.7. The van der Waals surface area contributed by atoms with E-state index < -0.39 is 43.0 Å². The summed E-state index contributed by atoms with van der Waals surface area (Å²) in [7, 11) is -1.43. The zero-order valence-corrected chi connectivity index (χ0v) is 36.3. The molecule has 0 heterocycles. The summed E-state index contributed by atoms with van der Waals surface area (Å²) in [5.41, 5.74) is 7.99. The van der Waals surface area contributed by atoms with Gasteiger partial charge < -0.3 is 19.5 Å². The Labute approximate surface area is 354 Å². The fourth-order valence-electron chi connectivity index (χ4n) is 7.48. The molecule has 1 aliphatic rings. The van der Waals surface area contributed by atoms with Crippen LogP contribution in [0.3, 0.4) is 0 Å². The third-order valence-electron chi connectivity index (χ3n) is 10.6. The smallest absolute Gasteiger partial charge is 0.407 e. The molecule has 7 nitrogen and oxygen atoms in total. The Hall–Kier alpha value is -5.38. The van der Waals surface area contributed by atoms with Gasteiger partial charge in [-0.3, -0.25) is 4.79 Å². The van der Waals surface area contributed by atoms with Gasteiger partial charge in [0, 0.05) is 14.0 Å². The predicted octanol–water partition coefficient (Wildman–Crippen LogP) is 11.2. The molecule has 6 rings (SSSR count). The molecule has 0 fully saturated rings. The molecule has 0 saturated carbocycles. The van der Waals surface area contributed by atoms with Crippen LogP contribution in [-0.4, -0.2) is 57.2 Å². The highest BCUT2D eigenvalue weighted by molar-refractivity contribution is 8.00. The van der Waals surface area contributed by atoms with Gasteiger partial charge in [0.1, 0.15) is 18.8 Å². The van der Waals surface area contributed by atoms with E-state index in [1.807, 2.05) is 60.3 Å². The number of esters is 2. The Morgan fingerprint density at radius 3 is 1.75 bits per heavy atom. The lowest BCUT2D eigenvalue weighted by atomic mass is 9.84. The number of hydrogen-bond donors (Lipinski definition) is 1. The number of carbonyl (C=O) groups excluding carboxylic acids is 3. The summed E-state index contributed by atoms with van der Waals surface area (Å²) in [6, 6.07) is 47.7. The van der Waals surface area contributed by atoms with Crippen LogP contribution < -0.4 is 5.32 Å². The molecule has 0 aliphatic heterocycles. The van der Waals surface area contributed by atoms with Gasteiger partial charge in [-0.25, -0.2) is 9.59 Å². The summed E-state index contributed by atoms with van der Waals surface area (Å²) in [6.07, 6.45) is 2.94. The van der Waals surface area contributed by atoms with Crippen molar-refractivity contribution in [3.63, 3.8) is 0 Å². The number of carbonyl (C=O) groups is 3. The van der Waals surface area contributed by atoms with Gasteiger partial charge in [0.15, 0.2) is 0 Å². The van der Waals surface area contributed by atoms with Crippen LogP contribution in [0.4, 0.5) is 4.79 Å². The van der Waals surface area contributed by atoms with E-state index in [1.54, 1.807) is 13.0 Å². The first-order valence-corrected chi connectivity index (χ1v) is 25.2. The maximum Gasteiger partial charge on any atom is 0.407 e. The molecular formula is C50H55NO6SSi. The number of thioether (sulfide) groups is 1. The molecular weight excluding hydrogens is 771 g/mol. The van der Waals surface area contributed by atoms with Crippen LogP contribution in [0.2, 0.25) is 25.7 Å². The minimum Gasteiger partial charge on any atom is -0.466 e. The average molecular weight is 826 g/mol. The van der Waals surface area contributed by atoms with E-state index in [0.717, 1.165) is 34.1 Å². The first-order valence-electron chi connectivity index (χ1n) is 20.5. The standard InChI is InChI=1S/C50H55NO6SSi/c1-5-46(51-49(54)56-36-45-43-30-17-15-28-41(43)42-29-16-18-31-44(42)45)48(53)57-40(35-47(52)55-32-34-59(2,3)4)27-19-20-33-58-50(37-21-9-6-10-22-37,38-23-11-7-12-24-38)39-25-13-8-14-26-39/h6-19,21-31,40,45-46H,5,20,32-36H2,1-4H3,(H,51,54)/b27-19+/t40-,46+/m1/s1. The topological polar surface area (TPSA) is 90.9 Å². The predicted molar refractivity (Wildman–Crippen MR) is 241 cm³/mol. The van der Waals surface area contributed by atoms with Gasteiger partial charge in [-0.1, -0.05) is 172 Å². The lowest BCUT2D eigenvalue weighted by Crippen LogP contribution is -2.43. The van der Waals surface area contributed by atoms with Gasteiger partial charge >= 0.3 is 18.0 Å². The minimum absolute atomic E-state index is 0.113. The maximum atomic E-state index is 13.6. The lowest BCUT2D eigenvalue weighted by Gasteiger charge is -2.35. The van der Waals surface area contributed by atoms with Crippen molar-refractivity contribution in [1.29, 1.82) is 0 Å². The average Bonchev–Trinajstić information content (AvgIpc) is 3.57. The van der Waals surface area contributed by atoms with Gasteiger partial charge in [-0.15, -0.1) is 11.8 Å². The van der Waals surface area contributed by atoms with E-state index >= 15 is 0 Å². The molecule has 306 valence electrons. The van der Waals surface area contributed by atoms with E-state index in [-0.39, 0.29) is 25.4 Å². The van der Waals surface area contributed by atoms with Crippen molar-refractivity contribution in [3.8, 4) is 11.1 Å². The Kier molecular flexibility index (Phi) is 15.0. The molecule has 0 radical (unpaired) electrons. The number of amides is 1. The number of alkyl carbamates (subject to hydrolysis) is 1. The minimum atomic E-state index is -1.43. The molecule has 0 bridgehead atoms. The molecule has 5 aromatic carbocycles. The number of nitrogens with one attached hydrogen (secondary N) is 1. The van der Waals surface area contributed by atoms with Crippen LogP contribution in [0.25, 0.3) is 11.1 Å². The van der Waals surface area contributed by atoms with Gasteiger partial charge in [0.2, 0.25) is 0 Å². The summed E-state index contributed by atoms with van der Waals surface area (Å²) < 4.78 is 16.8. The van der Waals surface area contributed by atoms with Crippen LogP contribution in [0.15, 0.2) is 152 Å². The maximum absolute atomic E-state index is 13.6. The highest BCUT2D eigenvalue weighted by Crippen LogP contribution is 2.49. The third kappa shape index (κ3) is 11.2. The summed E-state index contributed by atoms with van der Waals surface area (Å²) in [5, 5.41) is 2.71. The Morgan fingerprint density at radius 1 is 0.729 bits per heavy atom. The molecule has 1 amide bonds. The monoisotopic (exact) mass is 825 g/mol. The van der Waals surface area contributed by atoms with E-state index in [9.17, 15) is 14.4 Å². The van der Waals surface area contributed by atoms with Crippen molar-refractivity contribution in [2.75, 3.05) is 19.0 Å². The summed E-state index contributed by atoms with van der Waals surface area (Å²) >= 11 is 1.83. The molecule has 1 N–H and O–H groups in total. The Morgan fingerprint density at radius 2 is 1.24 bits per heavy atom. The number of rotatable bonds is 19. The van der Waals surface area contributed by atoms with Gasteiger partial charge in [0.05, 0.1) is 17.8 Å². The number of hydrogen-bond acceptors (Lipinski definition) is 7. The molecule has 0 spiro atoms. The van der Waals surface area contributed by atoms with E-state index in [4.69, 9.17) is 14.2 Å². The SMILES string of the molecule is CC[C@H](NC(=O)OCC1c2ccccc2-c2ccccc21)C(=O)O[C@H](/C=C/CCSC(c1ccccc1)(c1ccccc1)c1ccccc1)CC(=O)OCC[Si](C)(C)C. The molecule has 59 heavy (non-hydrogen) atoms. The summed E-state index contributed by atoms with van der Waals surface area (Å²) in [4.78, 5) is 39.9. The largest absolute Gasteiger partial charge is 0.466 e. The molecule has 0 unspecified atom stereocenters. The second-order valence-corrected chi connectivity index (χ2v) is 22.9.